The average Bonchev–Trinajstić information content (AvgIpc) is 2.44. The van der Waals surface area contributed by atoms with E-state index in [-0.39, 0.29) is 11.9 Å². The number of carbonyl (C=O) groups excluding carboxylic acids is 1. The molecule has 0 bridgehead atoms. The second-order valence-electron chi connectivity index (χ2n) is 5.61. The maximum Gasteiger partial charge on any atom is 0.251 e. The van der Waals surface area contributed by atoms with Gasteiger partial charge in [0.25, 0.3) is 5.91 Å². The summed E-state index contributed by atoms with van der Waals surface area (Å²) < 4.78 is 0. The average molecular weight is 271 g/mol. The fraction of sp³-hybridized carbons (Fsp3) is 0.438. The van der Waals surface area contributed by atoms with E-state index in [1.807, 2.05) is 13.0 Å². The van der Waals surface area contributed by atoms with Crippen LogP contribution in [-0.2, 0) is 0 Å². The Hall–Kier alpha value is -1.97. The first-order valence-electron chi connectivity index (χ1n) is 7.08. The number of nitrogens with zero attached hydrogens (tertiary/aromatic N) is 2. The van der Waals surface area contributed by atoms with Gasteiger partial charge in [0.05, 0.1) is 11.0 Å². The minimum Gasteiger partial charge on any atom is -0.350 e. The molecule has 0 unspecified atom stereocenters. The van der Waals surface area contributed by atoms with E-state index in [2.05, 4.69) is 29.1 Å². The van der Waals surface area contributed by atoms with Crippen molar-refractivity contribution in [3.8, 4) is 0 Å². The molecular weight excluding hydrogens is 250 g/mol. The van der Waals surface area contributed by atoms with Crippen molar-refractivity contribution < 1.29 is 4.79 Å². The first-order valence-corrected chi connectivity index (χ1v) is 7.08. The minimum atomic E-state index is -0.0474. The van der Waals surface area contributed by atoms with Crippen LogP contribution in [0, 0.1) is 5.92 Å². The minimum absolute atomic E-state index is 0.0474. The van der Waals surface area contributed by atoms with Gasteiger partial charge < -0.3 is 5.32 Å². The lowest BCUT2D eigenvalue weighted by molar-refractivity contribution is 0.0937. The Kier molecular flexibility index (Phi) is 4.66. The summed E-state index contributed by atoms with van der Waals surface area (Å²) in [7, 11) is 0. The molecule has 0 aliphatic rings. The van der Waals surface area contributed by atoms with Crippen LogP contribution in [0.5, 0.6) is 0 Å². The topological polar surface area (TPSA) is 54.9 Å². The van der Waals surface area contributed by atoms with Crippen LogP contribution in [-0.4, -0.2) is 21.9 Å². The molecule has 2 rings (SSSR count). The standard InChI is InChI=1S/C16H21N3O/c1-11(2)4-5-12(3)19-16(20)13-6-7-14-15(10-13)18-9-8-17-14/h6-12H,4-5H2,1-3H3,(H,19,20)/t12-/m0/s1. The van der Waals surface area contributed by atoms with Gasteiger partial charge in [0.1, 0.15) is 0 Å². The van der Waals surface area contributed by atoms with E-state index in [4.69, 9.17) is 0 Å². The van der Waals surface area contributed by atoms with Crippen LogP contribution in [0.25, 0.3) is 11.0 Å². The molecule has 0 spiro atoms. The molecule has 4 nitrogen and oxygen atoms in total. The summed E-state index contributed by atoms with van der Waals surface area (Å²) in [6.45, 7) is 6.42. The quantitative estimate of drug-likeness (QED) is 0.908. The molecule has 0 aliphatic carbocycles. The molecule has 20 heavy (non-hydrogen) atoms. The number of hydrogen-bond donors (Lipinski definition) is 1. The van der Waals surface area contributed by atoms with Crippen LogP contribution >= 0.6 is 0 Å². The molecule has 0 saturated heterocycles. The highest BCUT2D eigenvalue weighted by atomic mass is 16.1. The molecule has 1 aromatic heterocycles. The molecule has 106 valence electrons. The normalized spacial score (nSPS) is 12.6. The molecular formula is C16H21N3O. The van der Waals surface area contributed by atoms with E-state index in [9.17, 15) is 4.79 Å². The van der Waals surface area contributed by atoms with Gasteiger partial charge in [0.2, 0.25) is 0 Å². The van der Waals surface area contributed by atoms with Gasteiger partial charge in [0, 0.05) is 24.0 Å². The summed E-state index contributed by atoms with van der Waals surface area (Å²) in [5.41, 5.74) is 2.18. The first kappa shape index (κ1) is 14.4. The monoisotopic (exact) mass is 271 g/mol. The smallest absolute Gasteiger partial charge is 0.251 e. The third-order valence-electron chi connectivity index (χ3n) is 3.29. The van der Waals surface area contributed by atoms with Crippen molar-refractivity contribution in [2.24, 2.45) is 5.92 Å². The van der Waals surface area contributed by atoms with E-state index >= 15 is 0 Å². The third-order valence-corrected chi connectivity index (χ3v) is 3.29. The number of aromatic nitrogens is 2. The lowest BCUT2D eigenvalue weighted by Gasteiger charge is -2.15. The molecule has 2 aromatic rings. The van der Waals surface area contributed by atoms with Crippen molar-refractivity contribution in [2.75, 3.05) is 0 Å². The van der Waals surface area contributed by atoms with E-state index in [0.29, 0.717) is 11.5 Å². The van der Waals surface area contributed by atoms with Crippen molar-refractivity contribution in [1.82, 2.24) is 15.3 Å². The molecule has 1 atom stereocenters. The van der Waals surface area contributed by atoms with Gasteiger partial charge >= 0.3 is 0 Å². The number of carbonyl (C=O) groups is 1. The second kappa shape index (κ2) is 6.46. The molecule has 1 N–H and O–H groups in total. The lowest BCUT2D eigenvalue weighted by Crippen LogP contribution is -2.32. The zero-order valence-corrected chi connectivity index (χ0v) is 12.3. The molecule has 1 amide bonds. The van der Waals surface area contributed by atoms with Gasteiger partial charge in [-0.1, -0.05) is 13.8 Å². The Morgan fingerprint density at radius 3 is 2.50 bits per heavy atom. The highest BCUT2D eigenvalue weighted by Gasteiger charge is 2.11. The molecule has 1 aromatic carbocycles. The highest BCUT2D eigenvalue weighted by Crippen LogP contribution is 2.12. The highest BCUT2D eigenvalue weighted by molar-refractivity contribution is 5.97. The molecule has 0 fully saturated rings. The molecule has 1 heterocycles. The van der Waals surface area contributed by atoms with E-state index in [1.54, 1.807) is 24.5 Å². The van der Waals surface area contributed by atoms with Crippen LogP contribution in [0.15, 0.2) is 30.6 Å². The van der Waals surface area contributed by atoms with Crippen LogP contribution in [0.2, 0.25) is 0 Å². The van der Waals surface area contributed by atoms with Crippen LogP contribution < -0.4 is 5.32 Å². The Morgan fingerprint density at radius 2 is 1.80 bits per heavy atom. The van der Waals surface area contributed by atoms with Crippen molar-refractivity contribution in [3.63, 3.8) is 0 Å². The van der Waals surface area contributed by atoms with E-state index < -0.39 is 0 Å². The maximum atomic E-state index is 12.2. The fourth-order valence-electron chi connectivity index (χ4n) is 2.07. The summed E-state index contributed by atoms with van der Waals surface area (Å²) in [4.78, 5) is 20.6. The van der Waals surface area contributed by atoms with E-state index in [1.165, 1.54) is 0 Å². The summed E-state index contributed by atoms with van der Waals surface area (Å²) in [5, 5.41) is 3.03. The van der Waals surface area contributed by atoms with Crippen molar-refractivity contribution in [1.29, 1.82) is 0 Å². The van der Waals surface area contributed by atoms with Crippen molar-refractivity contribution >= 4 is 16.9 Å². The number of benzene rings is 1. The SMILES string of the molecule is CC(C)CC[C@H](C)NC(=O)c1ccc2nccnc2c1. The Balaban J connectivity index is 2.03. The lowest BCUT2D eigenvalue weighted by atomic mass is 10.0. The second-order valence-corrected chi connectivity index (χ2v) is 5.61. The zero-order chi connectivity index (χ0) is 14.5. The number of hydrogen-bond acceptors (Lipinski definition) is 3. The van der Waals surface area contributed by atoms with Gasteiger partial charge in [0.15, 0.2) is 0 Å². The number of nitrogens with one attached hydrogen (secondary N) is 1. The van der Waals surface area contributed by atoms with Gasteiger partial charge in [-0.2, -0.15) is 0 Å². The molecule has 0 radical (unpaired) electrons. The largest absolute Gasteiger partial charge is 0.350 e. The Morgan fingerprint density at radius 1 is 1.10 bits per heavy atom. The number of amides is 1. The third kappa shape index (κ3) is 3.76. The predicted molar refractivity (Wildman–Crippen MR) is 80.5 cm³/mol. The summed E-state index contributed by atoms with van der Waals surface area (Å²) in [5.74, 6) is 0.610. The molecule has 4 heteroatoms. The van der Waals surface area contributed by atoms with Crippen molar-refractivity contribution in [2.45, 2.75) is 39.7 Å². The van der Waals surface area contributed by atoms with Crippen molar-refractivity contribution in [3.05, 3.63) is 36.2 Å². The van der Waals surface area contributed by atoms with E-state index in [0.717, 1.165) is 23.9 Å². The van der Waals surface area contributed by atoms with Gasteiger partial charge in [-0.15, -0.1) is 0 Å². The summed E-state index contributed by atoms with van der Waals surface area (Å²) in [6.07, 6.45) is 5.40. The van der Waals surface area contributed by atoms with Crippen LogP contribution in [0.3, 0.4) is 0 Å². The number of fused-ring (bicyclic) bond motifs is 1. The predicted octanol–water partition coefficient (Wildman–Crippen LogP) is 3.18. The zero-order valence-electron chi connectivity index (χ0n) is 12.3. The van der Waals surface area contributed by atoms with Gasteiger partial charge in [-0.05, 0) is 43.9 Å². The first-order chi connectivity index (χ1) is 9.56. The van der Waals surface area contributed by atoms with Crippen LogP contribution in [0.1, 0.15) is 44.0 Å². The molecule has 0 saturated carbocycles. The van der Waals surface area contributed by atoms with Gasteiger partial charge in [-0.3, -0.25) is 14.8 Å². The maximum absolute atomic E-state index is 12.2. The number of rotatable bonds is 5. The van der Waals surface area contributed by atoms with Crippen LogP contribution in [0.4, 0.5) is 0 Å². The fourth-order valence-corrected chi connectivity index (χ4v) is 2.07. The van der Waals surface area contributed by atoms with Gasteiger partial charge in [-0.25, -0.2) is 0 Å². The molecule has 0 aliphatic heterocycles. The Bertz CT molecular complexity index is 595. The summed E-state index contributed by atoms with van der Waals surface area (Å²) >= 11 is 0. The Labute approximate surface area is 119 Å². The summed E-state index contributed by atoms with van der Waals surface area (Å²) in [6, 6.07) is 5.59.